The molecule has 0 spiro atoms. The second-order valence-electron chi connectivity index (χ2n) is 2.28. The van der Waals surface area contributed by atoms with E-state index in [2.05, 4.69) is 4.74 Å². The molecule has 72 valence electrons. The summed E-state index contributed by atoms with van der Waals surface area (Å²) in [5.74, 6) is -0.987. The van der Waals surface area contributed by atoms with Gasteiger partial charge < -0.3 is 4.74 Å². The maximum Gasteiger partial charge on any atom is 0.268 e. The predicted molar refractivity (Wildman–Crippen MR) is 42.9 cm³/mol. The Bertz CT molecular complexity index is 315. The number of benzene rings is 1. The molecule has 13 heavy (non-hydrogen) atoms. The van der Waals surface area contributed by atoms with Gasteiger partial charge in [0.25, 0.3) is 6.43 Å². The third kappa shape index (κ3) is 1.88. The summed E-state index contributed by atoms with van der Waals surface area (Å²) in [7, 11) is 1.22. The van der Waals surface area contributed by atoms with Crippen molar-refractivity contribution in [3.8, 4) is 5.75 Å². The Morgan fingerprint density at radius 3 is 2.46 bits per heavy atom. The molecule has 1 rings (SSSR count). The Morgan fingerprint density at radius 2 is 2.00 bits per heavy atom. The van der Waals surface area contributed by atoms with Gasteiger partial charge in [-0.25, -0.2) is 13.2 Å². The van der Waals surface area contributed by atoms with Crippen LogP contribution in [0.1, 0.15) is 12.0 Å². The van der Waals surface area contributed by atoms with Crippen LogP contribution in [0.15, 0.2) is 12.1 Å². The first-order chi connectivity index (χ1) is 6.07. The van der Waals surface area contributed by atoms with E-state index < -0.39 is 22.8 Å². The molecule has 0 unspecified atom stereocenters. The van der Waals surface area contributed by atoms with Crippen molar-refractivity contribution in [3.05, 3.63) is 28.5 Å². The van der Waals surface area contributed by atoms with Crippen molar-refractivity contribution >= 4 is 11.6 Å². The minimum Gasteiger partial charge on any atom is -0.496 e. The fourth-order valence-corrected chi connectivity index (χ4v) is 1.17. The average Bonchev–Trinajstić information content (AvgIpc) is 2.08. The van der Waals surface area contributed by atoms with Crippen LogP contribution in [0.25, 0.3) is 0 Å². The molecule has 1 aromatic carbocycles. The molecule has 0 aliphatic carbocycles. The Balaban J connectivity index is 3.32. The van der Waals surface area contributed by atoms with Gasteiger partial charge in [-0.15, -0.1) is 0 Å². The van der Waals surface area contributed by atoms with E-state index in [1.165, 1.54) is 7.11 Å². The topological polar surface area (TPSA) is 9.23 Å². The lowest BCUT2D eigenvalue weighted by Crippen LogP contribution is -1.95. The van der Waals surface area contributed by atoms with Gasteiger partial charge in [0, 0.05) is 0 Å². The van der Waals surface area contributed by atoms with Gasteiger partial charge in [0.05, 0.1) is 17.7 Å². The Kier molecular flexibility index (Phi) is 3.03. The highest BCUT2D eigenvalue weighted by Crippen LogP contribution is 2.36. The number of hydrogen-bond donors (Lipinski definition) is 0. The summed E-state index contributed by atoms with van der Waals surface area (Å²) < 4.78 is 42.0. The predicted octanol–water partition coefficient (Wildman–Crippen LogP) is 3.43. The van der Waals surface area contributed by atoms with Gasteiger partial charge in [-0.1, -0.05) is 11.6 Å². The first-order valence-corrected chi connectivity index (χ1v) is 3.75. The zero-order valence-corrected chi connectivity index (χ0v) is 7.41. The molecule has 0 saturated carbocycles. The van der Waals surface area contributed by atoms with Crippen molar-refractivity contribution in [1.29, 1.82) is 0 Å². The summed E-state index contributed by atoms with van der Waals surface area (Å²) in [6.07, 6.45) is -2.85. The number of methoxy groups -OCH3 is 1. The SMILES string of the molecule is COc1ccc(F)c(Cl)c1C(F)F. The summed E-state index contributed by atoms with van der Waals surface area (Å²) in [5, 5.41) is -0.589. The lowest BCUT2D eigenvalue weighted by Gasteiger charge is -2.09. The number of hydrogen-bond acceptors (Lipinski definition) is 1. The molecule has 1 aromatic rings. The minimum absolute atomic E-state index is 0.110. The van der Waals surface area contributed by atoms with Gasteiger partial charge in [-0.3, -0.25) is 0 Å². The molecule has 1 nitrogen and oxygen atoms in total. The largest absolute Gasteiger partial charge is 0.496 e. The lowest BCUT2D eigenvalue weighted by atomic mass is 10.2. The number of alkyl halides is 2. The van der Waals surface area contributed by atoms with Gasteiger partial charge in [0.1, 0.15) is 11.6 Å². The van der Waals surface area contributed by atoms with E-state index in [4.69, 9.17) is 11.6 Å². The molecule has 0 N–H and O–H groups in total. The normalized spacial score (nSPS) is 10.6. The third-order valence-electron chi connectivity index (χ3n) is 1.53. The van der Waals surface area contributed by atoms with Crippen LogP contribution < -0.4 is 4.74 Å². The summed E-state index contributed by atoms with van der Waals surface area (Å²) in [5.41, 5.74) is -0.607. The van der Waals surface area contributed by atoms with Crippen LogP contribution in [0, 0.1) is 5.82 Å². The van der Waals surface area contributed by atoms with Crippen LogP contribution in [-0.2, 0) is 0 Å². The fraction of sp³-hybridized carbons (Fsp3) is 0.250. The van der Waals surface area contributed by atoms with E-state index in [-0.39, 0.29) is 5.75 Å². The second-order valence-corrected chi connectivity index (χ2v) is 2.66. The molecule has 0 aromatic heterocycles. The molecule has 0 aliphatic rings. The highest BCUT2D eigenvalue weighted by Gasteiger charge is 2.20. The van der Waals surface area contributed by atoms with E-state index in [0.29, 0.717) is 0 Å². The lowest BCUT2D eigenvalue weighted by molar-refractivity contribution is 0.146. The zero-order valence-electron chi connectivity index (χ0n) is 6.65. The molecule has 5 heteroatoms. The van der Waals surface area contributed by atoms with Crippen LogP contribution in [0.5, 0.6) is 5.75 Å². The first-order valence-electron chi connectivity index (χ1n) is 3.38. The van der Waals surface area contributed by atoms with E-state index in [0.717, 1.165) is 12.1 Å². The summed E-state index contributed by atoms with van der Waals surface area (Å²) >= 11 is 5.34. The van der Waals surface area contributed by atoms with Gasteiger partial charge in [0.2, 0.25) is 0 Å². The molecule has 0 heterocycles. The Morgan fingerprint density at radius 1 is 1.38 bits per heavy atom. The molecule has 0 bridgehead atoms. The van der Waals surface area contributed by atoms with Crippen molar-refractivity contribution in [2.75, 3.05) is 7.11 Å². The average molecular weight is 211 g/mol. The number of ether oxygens (including phenoxy) is 1. The van der Waals surface area contributed by atoms with Gasteiger partial charge in [-0.05, 0) is 12.1 Å². The molecule has 0 aliphatic heterocycles. The maximum absolute atomic E-state index is 12.7. The summed E-state index contributed by atoms with van der Waals surface area (Å²) in [4.78, 5) is 0. The van der Waals surface area contributed by atoms with Gasteiger partial charge in [0.15, 0.2) is 0 Å². The molecule has 0 radical (unpaired) electrons. The van der Waals surface area contributed by atoms with E-state index in [9.17, 15) is 13.2 Å². The van der Waals surface area contributed by atoms with Crippen LogP contribution in [0.3, 0.4) is 0 Å². The highest BCUT2D eigenvalue weighted by molar-refractivity contribution is 6.31. The van der Waals surface area contributed by atoms with E-state index in [1.807, 2.05) is 0 Å². The Hall–Kier alpha value is -0.900. The van der Waals surface area contributed by atoms with Crippen molar-refractivity contribution in [2.24, 2.45) is 0 Å². The van der Waals surface area contributed by atoms with Crippen molar-refractivity contribution < 1.29 is 17.9 Å². The van der Waals surface area contributed by atoms with Gasteiger partial charge in [-0.2, -0.15) is 0 Å². The molecule has 0 atom stereocenters. The van der Waals surface area contributed by atoms with Crippen LogP contribution >= 0.6 is 11.6 Å². The quantitative estimate of drug-likeness (QED) is 0.727. The van der Waals surface area contributed by atoms with Crippen molar-refractivity contribution in [3.63, 3.8) is 0 Å². The fourth-order valence-electron chi connectivity index (χ4n) is 0.930. The monoisotopic (exact) mass is 210 g/mol. The molecule has 0 amide bonds. The number of rotatable bonds is 2. The Labute approximate surface area is 78.1 Å². The first kappa shape index (κ1) is 10.2. The number of halogens is 4. The zero-order chi connectivity index (χ0) is 10.0. The van der Waals surface area contributed by atoms with Crippen molar-refractivity contribution in [2.45, 2.75) is 6.43 Å². The summed E-state index contributed by atoms with van der Waals surface area (Å²) in [6, 6.07) is 2.09. The van der Waals surface area contributed by atoms with Crippen LogP contribution in [0.4, 0.5) is 13.2 Å². The highest BCUT2D eigenvalue weighted by atomic mass is 35.5. The standard InChI is InChI=1S/C8H6ClF3O/c1-13-5-3-2-4(10)7(9)6(5)8(11)12/h2-3,8H,1H3. The van der Waals surface area contributed by atoms with E-state index in [1.54, 1.807) is 0 Å². The molecule has 0 saturated heterocycles. The van der Waals surface area contributed by atoms with Crippen LogP contribution in [-0.4, -0.2) is 7.11 Å². The third-order valence-corrected chi connectivity index (χ3v) is 1.91. The molecular weight excluding hydrogens is 205 g/mol. The minimum atomic E-state index is -2.85. The second kappa shape index (κ2) is 3.87. The van der Waals surface area contributed by atoms with Gasteiger partial charge >= 0.3 is 0 Å². The smallest absolute Gasteiger partial charge is 0.268 e. The molecule has 0 fully saturated rings. The van der Waals surface area contributed by atoms with Crippen LogP contribution in [0.2, 0.25) is 5.02 Å². The summed E-state index contributed by atoms with van der Waals surface area (Å²) in [6.45, 7) is 0. The van der Waals surface area contributed by atoms with E-state index >= 15 is 0 Å². The maximum atomic E-state index is 12.7. The molecular formula is C8H6ClF3O. The van der Waals surface area contributed by atoms with Crippen molar-refractivity contribution in [1.82, 2.24) is 0 Å².